The Hall–Kier alpha value is -1.60. The van der Waals surface area contributed by atoms with Gasteiger partial charge in [-0.25, -0.2) is 0 Å². The lowest BCUT2D eigenvalue weighted by Gasteiger charge is -2.24. The molecule has 4 nitrogen and oxygen atoms in total. The van der Waals surface area contributed by atoms with Gasteiger partial charge in [0.15, 0.2) is 6.10 Å². The number of rotatable bonds is 7. The summed E-state index contributed by atoms with van der Waals surface area (Å²) in [5.41, 5.74) is 2.13. The van der Waals surface area contributed by atoms with E-state index in [1.807, 2.05) is 31.2 Å². The summed E-state index contributed by atoms with van der Waals surface area (Å²) in [6.45, 7) is 1.16. The molecule has 0 aromatic heterocycles. The monoisotopic (exact) mass is 344 g/mol. The van der Waals surface area contributed by atoms with Gasteiger partial charge in [-0.3, -0.25) is 9.69 Å². The summed E-state index contributed by atoms with van der Waals surface area (Å²) in [4.78, 5) is 13.3. The predicted octanol–water partition coefficient (Wildman–Crippen LogP) is 2.42. The lowest BCUT2D eigenvalue weighted by Crippen LogP contribution is -2.44. The van der Waals surface area contributed by atoms with E-state index in [1.165, 1.54) is 11.9 Å². The number of aryl methyl sites for hydroxylation is 1. The molecule has 2 N–H and O–H groups in total. The summed E-state index contributed by atoms with van der Waals surface area (Å²) < 4.78 is 37.0. The van der Waals surface area contributed by atoms with Crippen molar-refractivity contribution in [1.82, 2.24) is 10.2 Å². The summed E-state index contributed by atoms with van der Waals surface area (Å²) in [5, 5.41) is 12.0. The fourth-order valence-corrected chi connectivity index (χ4v) is 2.60. The first-order chi connectivity index (χ1) is 11.2. The van der Waals surface area contributed by atoms with Crippen LogP contribution in [-0.2, 0) is 4.79 Å². The van der Waals surface area contributed by atoms with Crippen molar-refractivity contribution in [2.24, 2.45) is 5.92 Å². The van der Waals surface area contributed by atoms with Gasteiger partial charge in [0, 0.05) is 6.54 Å². The number of alkyl halides is 3. The van der Waals surface area contributed by atoms with Crippen molar-refractivity contribution in [1.29, 1.82) is 0 Å². The van der Waals surface area contributed by atoms with Crippen molar-refractivity contribution < 1.29 is 23.1 Å². The standard InChI is InChI=1S/C17H23F3N2O2/c1-11-3-5-12(6-4-11)16(13-7-8-13)21-15(24)10-22(2)9-14(23)17(18,19)20/h3-6,13-14,16,23H,7-10H2,1-2H3,(H,21,24). The van der Waals surface area contributed by atoms with Crippen molar-refractivity contribution in [3.8, 4) is 0 Å². The number of hydrogen-bond donors (Lipinski definition) is 2. The van der Waals surface area contributed by atoms with Gasteiger partial charge in [-0.2, -0.15) is 13.2 Å². The Bertz CT molecular complexity index is 556. The fourth-order valence-electron chi connectivity index (χ4n) is 2.60. The first-order valence-corrected chi connectivity index (χ1v) is 7.96. The van der Waals surface area contributed by atoms with Crippen LogP contribution in [0.4, 0.5) is 13.2 Å². The molecule has 0 bridgehead atoms. The van der Waals surface area contributed by atoms with Crippen LogP contribution < -0.4 is 5.32 Å². The van der Waals surface area contributed by atoms with Gasteiger partial charge in [0.1, 0.15) is 0 Å². The molecule has 1 fully saturated rings. The maximum Gasteiger partial charge on any atom is 0.415 e. The Morgan fingerprint density at radius 3 is 2.42 bits per heavy atom. The van der Waals surface area contributed by atoms with Crippen molar-refractivity contribution >= 4 is 5.91 Å². The minimum absolute atomic E-state index is 0.112. The number of nitrogens with one attached hydrogen (secondary N) is 1. The van der Waals surface area contributed by atoms with Crippen LogP contribution in [0.25, 0.3) is 0 Å². The van der Waals surface area contributed by atoms with Crippen LogP contribution in [0.3, 0.4) is 0 Å². The molecule has 1 aromatic carbocycles. The quantitative estimate of drug-likeness (QED) is 0.799. The number of carbonyl (C=O) groups excluding carboxylic acids is 1. The normalized spacial score (nSPS) is 17.6. The van der Waals surface area contributed by atoms with E-state index >= 15 is 0 Å². The predicted molar refractivity (Wildman–Crippen MR) is 84.3 cm³/mol. The van der Waals surface area contributed by atoms with E-state index in [-0.39, 0.29) is 18.5 Å². The lowest BCUT2D eigenvalue weighted by atomic mass is 10.0. The zero-order valence-electron chi connectivity index (χ0n) is 13.8. The number of benzene rings is 1. The van der Waals surface area contributed by atoms with Crippen molar-refractivity contribution in [2.75, 3.05) is 20.1 Å². The Balaban J connectivity index is 1.90. The molecule has 2 unspecified atom stereocenters. The summed E-state index contributed by atoms with van der Waals surface area (Å²) in [6, 6.07) is 7.77. The molecule has 1 amide bonds. The zero-order chi connectivity index (χ0) is 17.9. The molecule has 24 heavy (non-hydrogen) atoms. The van der Waals surface area contributed by atoms with E-state index in [1.54, 1.807) is 0 Å². The second-order valence-electron chi connectivity index (χ2n) is 6.55. The maximum absolute atomic E-state index is 12.3. The highest BCUT2D eigenvalue weighted by atomic mass is 19.4. The number of carbonyl (C=O) groups is 1. The van der Waals surface area contributed by atoms with Gasteiger partial charge < -0.3 is 10.4 Å². The molecule has 0 radical (unpaired) electrons. The highest BCUT2D eigenvalue weighted by Gasteiger charge is 2.39. The third-order valence-electron chi connectivity index (χ3n) is 4.12. The molecule has 1 saturated carbocycles. The number of likely N-dealkylation sites (N-methyl/N-ethyl adjacent to an activating group) is 1. The van der Waals surface area contributed by atoms with E-state index in [2.05, 4.69) is 5.32 Å². The van der Waals surface area contributed by atoms with E-state index in [0.29, 0.717) is 5.92 Å². The molecule has 0 heterocycles. The van der Waals surface area contributed by atoms with Gasteiger partial charge >= 0.3 is 6.18 Å². The first kappa shape index (κ1) is 18.7. The first-order valence-electron chi connectivity index (χ1n) is 7.96. The lowest BCUT2D eigenvalue weighted by molar-refractivity contribution is -0.207. The van der Waals surface area contributed by atoms with Gasteiger partial charge in [-0.1, -0.05) is 29.8 Å². The van der Waals surface area contributed by atoms with Crippen LogP contribution in [0, 0.1) is 12.8 Å². The van der Waals surface area contributed by atoms with Crippen molar-refractivity contribution in [2.45, 2.75) is 38.1 Å². The van der Waals surface area contributed by atoms with Crippen LogP contribution in [0.15, 0.2) is 24.3 Å². The highest BCUT2D eigenvalue weighted by Crippen LogP contribution is 2.41. The van der Waals surface area contributed by atoms with Crippen molar-refractivity contribution in [3.63, 3.8) is 0 Å². The number of halogens is 3. The zero-order valence-corrected chi connectivity index (χ0v) is 13.8. The van der Waals surface area contributed by atoms with Crippen LogP contribution in [0.5, 0.6) is 0 Å². The average Bonchev–Trinajstić information content (AvgIpc) is 3.29. The third kappa shape index (κ3) is 5.49. The SMILES string of the molecule is Cc1ccc(C(NC(=O)CN(C)CC(O)C(F)(F)F)C2CC2)cc1. The Morgan fingerprint density at radius 2 is 1.92 bits per heavy atom. The van der Waals surface area contributed by atoms with Crippen LogP contribution in [0.1, 0.15) is 30.0 Å². The van der Waals surface area contributed by atoms with Crippen molar-refractivity contribution in [3.05, 3.63) is 35.4 Å². The summed E-state index contributed by atoms with van der Waals surface area (Å²) in [6.07, 6.45) is -5.07. The highest BCUT2D eigenvalue weighted by molar-refractivity contribution is 5.78. The molecule has 7 heteroatoms. The van der Waals surface area contributed by atoms with E-state index in [0.717, 1.165) is 24.0 Å². The van der Waals surface area contributed by atoms with E-state index in [4.69, 9.17) is 5.11 Å². The maximum atomic E-state index is 12.3. The summed E-state index contributed by atoms with van der Waals surface area (Å²) in [5.74, 6) is 0.0343. The van der Waals surface area contributed by atoms with Gasteiger partial charge in [-0.15, -0.1) is 0 Å². The minimum Gasteiger partial charge on any atom is -0.382 e. The van der Waals surface area contributed by atoms with E-state index in [9.17, 15) is 18.0 Å². The molecule has 2 rings (SSSR count). The summed E-state index contributed by atoms with van der Waals surface area (Å²) >= 11 is 0. The van der Waals surface area contributed by atoms with Gasteiger partial charge in [-0.05, 0) is 38.3 Å². The van der Waals surface area contributed by atoms with Gasteiger partial charge in [0.05, 0.1) is 12.6 Å². The molecule has 1 aliphatic rings. The largest absolute Gasteiger partial charge is 0.415 e. The number of aliphatic hydroxyl groups is 1. The average molecular weight is 344 g/mol. The van der Waals surface area contributed by atoms with Crippen LogP contribution >= 0.6 is 0 Å². The molecule has 2 atom stereocenters. The van der Waals surface area contributed by atoms with E-state index < -0.39 is 18.8 Å². The molecular weight excluding hydrogens is 321 g/mol. The minimum atomic E-state index is -4.68. The third-order valence-corrected chi connectivity index (χ3v) is 4.12. The molecular formula is C17H23F3N2O2. The van der Waals surface area contributed by atoms with Crippen LogP contribution in [-0.4, -0.2) is 48.3 Å². The number of hydrogen-bond acceptors (Lipinski definition) is 3. The number of aliphatic hydroxyl groups excluding tert-OH is 1. The Labute approximate surface area is 139 Å². The molecule has 0 aliphatic heterocycles. The Kier molecular flexibility index (Phi) is 5.87. The molecule has 0 saturated heterocycles. The van der Waals surface area contributed by atoms with Gasteiger partial charge in [0.25, 0.3) is 0 Å². The molecule has 1 aromatic rings. The molecule has 134 valence electrons. The second-order valence-corrected chi connectivity index (χ2v) is 6.55. The summed E-state index contributed by atoms with van der Waals surface area (Å²) in [7, 11) is 1.38. The second kappa shape index (κ2) is 7.53. The van der Waals surface area contributed by atoms with Crippen LogP contribution in [0.2, 0.25) is 0 Å². The number of nitrogens with zero attached hydrogens (tertiary/aromatic N) is 1. The smallest absolute Gasteiger partial charge is 0.382 e. The molecule has 0 spiro atoms. The Morgan fingerprint density at radius 1 is 1.33 bits per heavy atom. The fraction of sp³-hybridized carbons (Fsp3) is 0.588. The topological polar surface area (TPSA) is 52.6 Å². The van der Waals surface area contributed by atoms with Gasteiger partial charge in [0.2, 0.25) is 5.91 Å². The molecule has 1 aliphatic carbocycles. The number of amides is 1.